The van der Waals surface area contributed by atoms with Crippen LogP contribution in [-0.4, -0.2) is 15.7 Å². The van der Waals surface area contributed by atoms with E-state index in [0.29, 0.717) is 0 Å². The number of para-hydroxylation sites is 1. The number of aromatic nitrogens is 2. The maximum absolute atomic E-state index is 5.85. The van der Waals surface area contributed by atoms with Crippen LogP contribution in [-0.2, 0) is 6.42 Å². The number of anilines is 1. The molecule has 0 spiro atoms. The van der Waals surface area contributed by atoms with Crippen LogP contribution in [0.1, 0.15) is 5.56 Å². The highest BCUT2D eigenvalue weighted by atomic mass is 32.2. The predicted octanol–water partition coefficient (Wildman–Crippen LogP) is 2.33. The fourth-order valence-electron chi connectivity index (χ4n) is 1.35. The van der Waals surface area contributed by atoms with Crippen molar-refractivity contribution >= 4 is 17.4 Å². The van der Waals surface area contributed by atoms with Crippen LogP contribution in [0.5, 0.6) is 0 Å². The van der Waals surface area contributed by atoms with Crippen molar-refractivity contribution in [2.24, 2.45) is 0 Å². The lowest BCUT2D eigenvalue weighted by Crippen LogP contribution is -1.95. The Balaban J connectivity index is 1.86. The van der Waals surface area contributed by atoms with Gasteiger partial charge >= 0.3 is 0 Å². The molecule has 0 amide bonds. The van der Waals surface area contributed by atoms with Crippen molar-refractivity contribution in [2.75, 3.05) is 11.5 Å². The van der Waals surface area contributed by atoms with Gasteiger partial charge in [0.25, 0.3) is 0 Å². The Hall–Kier alpha value is -1.42. The monoisotopic (exact) mass is 219 g/mol. The number of aromatic amines is 1. The fourth-order valence-corrected chi connectivity index (χ4v) is 2.15. The molecule has 78 valence electrons. The number of hydrogen-bond donors (Lipinski definition) is 2. The molecule has 3 N–H and O–H groups in total. The van der Waals surface area contributed by atoms with E-state index in [1.807, 2.05) is 24.4 Å². The number of rotatable bonds is 4. The quantitative estimate of drug-likeness (QED) is 0.613. The second-order valence-corrected chi connectivity index (χ2v) is 4.28. The number of nitrogen functional groups attached to an aromatic ring is 1. The van der Waals surface area contributed by atoms with E-state index in [0.717, 1.165) is 23.0 Å². The van der Waals surface area contributed by atoms with Gasteiger partial charge in [0.1, 0.15) is 0 Å². The number of nitrogens with zero attached hydrogens (tertiary/aromatic N) is 1. The van der Waals surface area contributed by atoms with E-state index in [1.165, 1.54) is 5.56 Å². The van der Waals surface area contributed by atoms with Gasteiger partial charge in [-0.25, -0.2) is 4.98 Å². The van der Waals surface area contributed by atoms with E-state index in [-0.39, 0.29) is 0 Å². The molecule has 0 saturated heterocycles. The number of nitrogens with one attached hydrogen (secondary N) is 1. The summed E-state index contributed by atoms with van der Waals surface area (Å²) >= 11 is 1.71. The van der Waals surface area contributed by atoms with E-state index in [2.05, 4.69) is 16.0 Å². The smallest absolute Gasteiger partial charge is 0.165 e. The molecule has 4 heteroatoms. The number of imidazole rings is 1. The largest absolute Gasteiger partial charge is 0.399 e. The highest BCUT2D eigenvalue weighted by Crippen LogP contribution is 2.17. The Morgan fingerprint density at radius 1 is 1.33 bits per heavy atom. The SMILES string of the molecule is Nc1ccccc1CCSc1ncc[nH]1. The van der Waals surface area contributed by atoms with Crippen molar-refractivity contribution in [1.82, 2.24) is 9.97 Å². The average Bonchev–Trinajstić information content (AvgIpc) is 2.74. The molecule has 0 unspecified atom stereocenters. The summed E-state index contributed by atoms with van der Waals surface area (Å²) in [5.74, 6) is 0.988. The second kappa shape index (κ2) is 4.89. The molecule has 0 saturated carbocycles. The van der Waals surface area contributed by atoms with Crippen LogP contribution >= 0.6 is 11.8 Å². The van der Waals surface area contributed by atoms with Crippen molar-refractivity contribution in [3.63, 3.8) is 0 Å². The lowest BCUT2D eigenvalue weighted by atomic mass is 10.1. The van der Waals surface area contributed by atoms with Crippen molar-refractivity contribution in [3.8, 4) is 0 Å². The van der Waals surface area contributed by atoms with Gasteiger partial charge in [0, 0.05) is 23.8 Å². The molecule has 1 aromatic carbocycles. The Morgan fingerprint density at radius 2 is 2.20 bits per heavy atom. The highest BCUT2D eigenvalue weighted by Gasteiger charge is 1.99. The van der Waals surface area contributed by atoms with Crippen LogP contribution in [0.4, 0.5) is 5.69 Å². The Labute approximate surface area is 93.1 Å². The molecule has 0 aliphatic carbocycles. The summed E-state index contributed by atoms with van der Waals surface area (Å²) in [6.07, 6.45) is 4.57. The van der Waals surface area contributed by atoms with Gasteiger partial charge in [0.15, 0.2) is 5.16 Å². The minimum atomic E-state index is 0.873. The molecule has 0 bridgehead atoms. The van der Waals surface area contributed by atoms with Crippen molar-refractivity contribution < 1.29 is 0 Å². The Bertz CT molecular complexity index is 412. The first-order valence-corrected chi connectivity index (χ1v) is 5.80. The molecule has 0 aliphatic rings. The third kappa shape index (κ3) is 2.76. The van der Waals surface area contributed by atoms with Gasteiger partial charge in [-0.3, -0.25) is 0 Å². The number of nitrogens with two attached hydrogens (primary N) is 1. The van der Waals surface area contributed by atoms with Crippen LogP contribution in [0.3, 0.4) is 0 Å². The molecule has 2 rings (SSSR count). The molecule has 0 aliphatic heterocycles. The molecular weight excluding hydrogens is 206 g/mol. The minimum absolute atomic E-state index is 0.873. The summed E-state index contributed by atoms with van der Waals surface area (Å²) in [6, 6.07) is 7.98. The Morgan fingerprint density at radius 3 is 2.93 bits per heavy atom. The third-order valence-electron chi connectivity index (χ3n) is 2.14. The summed E-state index contributed by atoms with van der Waals surface area (Å²) in [7, 11) is 0. The highest BCUT2D eigenvalue weighted by molar-refractivity contribution is 7.99. The minimum Gasteiger partial charge on any atom is -0.399 e. The third-order valence-corrected chi connectivity index (χ3v) is 3.04. The summed E-state index contributed by atoms with van der Waals surface area (Å²) < 4.78 is 0. The van der Waals surface area contributed by atoms with Gasteiger partial charge in [0.05, 0.1) is 0 Å². The van der Waals surface area contributed by atoms with Crippen LogP contribution in [0, 0.1) is 0 Å². The van der Waals surface area contributed by atoms with Crippen molar-refractivity contribution in [3.05, 3.63) is 42.2 Å². The summed E-state index contributed by atoms with van der Waals surface area (Å²) in [5.41, 5.74) is 7.93. The number of aryl methyl sites for hydroxylation is 1. The second-order valence-electron chi connectivity index (χ2n) is 3.19. The van der Waals surface area contributed by atoms with E-state index in [1.54, 1.807) is 18.0 Å². The summed E-state index contributed by atoms with van der Waals surface area (Å²) in [5, 5.41) is 0.963. The first-order valence-electron chi connectivity index (χ1n) is 4.82. The van der Waals surface area contributed by atoms with Crippen LogP contribution in [0.25, 0.3) is 0 Å². The van der Waals surface area contributed by atoms with Crippen molar-refractivity contribution in [2.45, 2.75) is 11.6 Å². The lowest BCUT2D eigenvalue weighted by molar-refractivity contribution is 1.05. The molecule has 0 fully saturated rings. The molecule has 2 aromatic rings. The van der Waals surface area contributed by atoms with Gasteiger partial charge in [-0.15, -0.1) is 0 Å². The average molecular weight is 219 g/mol. The van der Waals surface area contributed by atoms with E-state index < -0.39 is 0 Å². The molecule has 1 aromatic heterocycles. The first kappa shape index (κ1) is 10.1. The molecule has 0 atom stereocenters. The van der Waals surface area contributed by atoms with Gasteiger partial charge in [-0.2, -0.15) is 0 Å². The molecule has 3 nitrogen and oxygen atoms in total. The summed E-state index contributed by atoms with van der Waals surface area (Å²) in [6.45, 7) is 0. The Kier molecular flexibility index (Phi) is 3.29. The van der Waals surface area contributed by atoms with Crippen LogP contribution < -0.4 is 5.73 Å². The van der Waals surface area contributed by atoms with Gasteiger partial charge in [-0.05, 0) is 18.1 Å². The predicted molar refractivity (Wildman–Crippen MR) is 63.9 cm³/mol. The zero-order valence-electron chi connectivity index (χ0n) is 8.31. The maximum Gasteiger partial charge on any atom is 0.165 e. The first-order chi connectivity index (χ1) is 7.36. The van der Waals surface area contributed by atoms with E-state index in [4.69, 9.17) is 5.73 Å². The molecule has 15 heavy (non-hydrogen) atoms. The summed E-state index contributed by atoms with van der Waals surface area (Å²) in [4.78, 5) is 7.20. The zero-order valence-corrected chi connectivity index (χ0v) is 9.13. The van der Waals surface area contributed by atoms with Gasteiger partial charge in [-0.1, -0.05) is 30.0 Å². The zero-order chi connectivity index (χ0) is 10.5. The lowest BCUT2D eigenvalue weighted by Gasteiger charge is -2.03. The standard InChI is InChI=1S/C11H13N3S/c12-10-4-2-1-3-9(10)5-8-15-11-13-6-7-14-11/h1-4,6-7H,5,8,12H2,(H,13,14). The van der Waals surface area contributed by atoms with E-state index in [9.17, 15) is 0 Å². The number of H-pyrrole nitrogens is 1. The van der Waals surface area contributed by atoms with Crippen molar-refractivity contribution in [1.29, 1.82) is 0 Å². The number of hydrogen-bond acceptors (Lipinski definition) is 3. The molecular formula is C11H13N3S. The fraction of sp³-hybridized carbons (Fsp3) is 0.182. The number of benzene rings is 1. The van der Waals surface area contributed by atoms with Crippen LogP contribution in [0.2, 0.25) is 0 Å². The topological polar surface area (TPSA) is 54.7 Å². The number of thioether (sulfide) groups is 1. The van der Waals surface area contributed by atoms with Crippen LogP contribution in [0.15, 0.2) is 41.8 Å². The normalized spacial score (nSPS) is 10.4. The molecule has 0 radical (unpaired) electrons. The van der Waals surface area contributed by atoms with Gasteiger partial charge in [0.2, 0.25) is 0 Å². The van der Waals surface area contributed by atoms with Gasteiger partial charge < -0.3 is 10.7 Å². The van der Waals surface area contributed by atoms with E-state index >= 15 is 0 Å². The maximum atomic E-state index is 5.85. The molecule has 1 heterocycles.